The van der Waals surface area contributed by atoms with Gasteiger partial charge in [0.2, 0.25) is 0 Å². The molecule has 0 fully saturated rings. The van der Waals surface area contributed by atoms with Crippen LogP contribution in [0.2, 0.25) is 0 Å². The first-order chi connectivity index (χ1) is 8.28. The molecule has 1 aromatic carbocycles. The molecule has 1 heterocycles. The highest BCUT2D eigenvalue weighted by Crippen LogP contribution is 2.33. The molecular weight excluding hydrogens is 254 g/mol. The molecule has 90 valence electrons. The van der Waals surface area contributed by atoms with Crippen LogP contribution in [0.4, 0.5) is 0 Å². The fourth-order valence-electron chi connectivity index (χ4n) is 1.63. The molecule has 0 aliphatic rings. The first-order valence-corrected chi connectivity index (χ1v) is 6.87. The van der Waals surface area contributed by atoms with Crippen molar-refractivity contribution in [3.05, 3.63) is 34.8 Å². The zero-order valence-electron chi connectivity index (χ0n) is 9.87. The summed E-state index contributed by atoms with van der Waals surface area (Å²) in [5.41, 5.74) is 3.24. The molecule has 0 aliphatic carbocycles. The summed E-state index contributed by atoms with van der Waals surface area (Å²) in [4.78, 5) is 4.49. The molecule has 2 nitrogen and oxygen atoms in total. The van der Waals surface area contributed by atoms with E-state index < -0.39 is 0 Å². The maximum absolute atomic E-state index is 5.77. The summed E-state index contributed by atoms with van der Waals surface area (Å²) in [6.07, 6.45) is 1.00. The molecule has 2 aromatic rings. The van der Waals surface area contributed by atoms with Crippen molar-refractivity contribution >= 4 is 22.9 Å². The number of thiazole rings is 1. The third-order valence-corrected chi connectivity index (χ3v) is 3.79. The molecule has 0 atom stereocenters. The van der Waals surface area contributed by atoms with Crippen molar-refractivity contribution in [1.82, 2.24) is 4.98 Å². The van der Waals surface area contributed by atoms with Gasteiger partial charge in [-0.25, -0.2) is 4.98 Å². The summed E-state index contributed by atoms with van der Waals surface area (Å²) in [6, 6.07) is 6.21. The van der Waals surface area contributed by atoms with Crippen molar-refractivity contribution in [3.63, 3.8) is 0 Å². The lowest BCUT2D eigenvalue weighted by molar-refractivity contribution is 0.416. The minimum atomic E-state index is 0.451. The number of hydrogen-bond acceptors (Lipinski definition) is 3. The van der Waals surface area contributed by atoms with Gasteiger partial charge in [0, 0.05) is 5.38 Å². The van der Waals surface area contributed by atoms with Gasteiger partial charge in [-0.3, -0.25) is 0 Å². The zero-order valence-corrected chi connectivity index (χ0v) is 11.4. The van der Waals surface area contributed by atoms with Crippen molar-refractivity contribution in [2.45, 2.75) is 19.2 Å². The lowest BCUT2D eigenvalue weighted by Crippen LogP contribution is -1.90. The van der Waals surface area contributed by atoms with E-state index in [1.165, 1.54) is 5.56 Å². The van der Waals surface area contributed by atoms with Gasteiger partial charge in [0.15, 0.2) is 0 Å². The van der Waals surface area contributed by atoms with E-state index in [1.807, 2.05) is 11.4 Å². The Hall–Kier alpha value is -1.06. The Morgan fingerprint density at radius 1 is 1.41 bits per heavy atom. The second-order valence-corrected chi connectivity index (χ2v) is 4.79. The van der Waals surface area contributed by atoms with Gasteiger partial charge < -0.3 is 4.74 Å². The van der Waals surface area contributed by atoms with Crippen molar-refractivity contribution in [1.29, 1.82) is 0 Å². The first-order valence-electron chi connectivity index (χ1n) is 5.46. The second-order valence-electron chi connectivity index (χ2n) is 3.67. The molecular formula is C13H14ClNOS. The third kappa shape index (κ3) is 2.61. The minimum absolute atomic E-state index is 0.451. The highest BCUT2D eigenvalue weighted by atomic mass is 35.5. The summed E-state index contributed by atoms with van der Waals surface area (Å²) in [5.74, 6) is 1.31. The summed E-state index contributed by atoms with van der Waals surface area (Å²) in [5, 5.41) is 2.95. The van der Waals surface area contributed by atoms with Crippen LogP contribution in [-0.4, -0.2) is 12.1 Å². The molecule has 0 bridgehead atoms. The molecule has 0 radical (unpaired) electrons. The van der Waals surface area contributed by atoms with Crippen molar-refractivity contribution in [2.75, 3.05) is 7.11 Å². The van der Waals surface area contributed by atoms with E-state index in [4.69, 9.17) is 16.3 Å². The van der Waals surface area contributed by atoms with Crippen LogP contribution >= 0.6 is 22.9 Å². The van der Waals surface area contributed by atoms with E-state index in [9.17, 15) is 0 Å². The first kappa shape index (κ1) is 12.4. The highest BCUT2D eigenvalue weighted by Gasteiger charge is 2.10. The van der Waals surface area contributed by atoms with Crippen molar-refractivity contribution < 1.29 is 4.74 Å². The Kier molecular flexibility index (Phi) is 4.02. The number of aryl methyl sites for hydroxylation is 1. The molecule has 0 unspecified atom stereocenters. The zero-order chi connectivity index (χ0) is 12.3. The topological polar surface area (TPSA) is 22.1 Å². The predicted molar refractivity (Wildman–Crippen MR) is 73.0 cm³/mol. The number of nitrogens with zero attached hydrogens (tertiary/aromatic N) is 1. The summed E-state index contributed by atoms with van der Waals surface area (Å²) >= 11 is 7.37. The Labute approximate surface area is 110 Å². The van der Waals surface area contributed by atoms with E-state index in [0.29, 0.717) is 5.88 Å². The summed E-state index contributed by atoms with van der Waals surface area (Å²) < 4.78 is 5.38. The number of halogens is 1. The lowest BCUT2D eigenvalue weighted by atomic mass is 10.1. The predicted octanol–water partition coefficient (Wildman–Crippen LogP) is 4.12. The maximum Gasteiger partial charge on any atom is 0.129 e. The Balaban J connectivity index is 2.47. The molecule has 17 heavy (non-hydrogen) atoms. The standard InChI is InChI=1S/C13H14ClNOS/c1-3-9-4-5-12(16-2)11(6-9)13-15-10(7-14)8-17-13/h4-6,8H,3,7H2,1-2H3. The quantitative estimate of drug-likeness (QED) is 0.778. The van der Waals surface area contributed by atoms with Crippen molar-refractivity contribution in [2.24, 2.45) is 0 Å². The van der Waals surface area contributed by atoms with Gasteiger partial charge in [-0.05, 0) is 24.1 Å². The van der Waals surface area contributed by atoms with Gasteiger partial charge in [-0.1, -0.05) is 13.0 Å². The average Bonchev–Trinajstić information content (AvgIpc) is 2.86. The highest BCUT2D eigenvalue weighted by molar-refractivity contribution is 7.13. The molecule has 0 spiro atoms. The normalized spacial score (nSPS) is 10.5. The second kappa shape index (κ2) is 5.52. The van der Waals surface area contributed by atoms with Gasteiger partial charge in [0.1, 0.15) is 10.8 Å². The number of ether oxygens (including phenoxy) is 1. The number of aromatic nitrogens is 1. The van der Waals surface area contributed by atoms with Crippen molar-refractivity contribution in [3.8, 4) is 16.3 Å². The smallest absolute Gasteiger partial charge is 0.129 e. The molecule has 2 rings (SSSR count). The Morgan fingerprint density at radius 2 is 2.24 bits per heavy atom. The fraction of sp³-hybridized carbons (Fsp3) is 0.308. The van der Waals surface area contributed by atoms with E-state index >= 15 is 0 Å². The van der Waals surface area contributed by atoms with Crippen LogP contribution < -0.4 is 4.74 Å². The number of alkyl halides is 1. The number of rotatable bonds is 4. The van der Waals surface area contributed by atoms with Gasteiger partial charge in [0.05, 0.1) is 24.2 Å². The van der Waals surface area contributed by atoms with Gasteiger partial charge in [0.25, 0.3) is 0 Å². The monoisotopic (exact) mass is 267 g/mol. The minimum Gasteiger partial charge on any atom is -0.496 e. The van der Waals surface area contributed by atoms with Gasteiger partial charge in [-0.2, -0.15) is 0 Å². The van der Waals surface area contributed by atoms with E-state index in [0.717, 1.165) is 28.4 Å². The lowest BCUT2D eigenvalue weighted by Gasteiger charge is -2.07. The van der Waals surface area contributed by atoms with Crippen LogP contribution in [0.15, 0.2) is 23.6 Å². The molecule has 0 aliphatic heterocycles. The summed E-state index contributed by atoms with van der Waals surface area (Å²) in [6.45, 7) is 2.14. The van der Waals surface area contributed by atoms with Crippen LogP contribution in [0.5, 0.6) is 5.75 Å². The van der Waals surface area contributed by atoms with E-state index in [2.05, 4.69) is 24.0 Å². The largest absolute Gasteiger partial charge is 0.496 e. The van der Waals surface area contributed by atoms with E-state index in [-0.39, 0.29) is 0 Å². The van der Waals surface area contributed by atoms with Gasteiger partial charge >= 0.3 is 0 Å². The van der Waals surface area contributed by atoms with Crippen LogP contribution in [-0.2, 0) is 12.3 Å². The molecule has 0 N–H and O–H groups in total. The molecule has 0 saturated carbocycles. The number of hydrogen-bond donors (Lipinski definition) is 0. The van der Waals surface area contributed by atoms with Crippen LogP contribution in [0.3, 0.4) is 0 Å². The van der Waals surface area contributed by atoms with E-state index in [1.54, 1.807) is 18.4 Å². The number of benzene rings is 1. The van der Waals surface area contributed by atoms with Crippen LogP contribution in [0.25, 0.3) is 10.6 Å². The molecule has 1 aromatic heterocycles. The SMILES string of the molecule is CCc1ccc(OC)c(-c2nc(CCl)cs2)c1. The van der Waals surface area contributed by atoms with Crippen LogP contribution in [0, 0.1) is 0 Å². The molecule has 0 amide bonds. The summed E-state index contributed by atoms with van der Waals surface area (Å²) in [7, 11) is 1.68. The Morgan fingerprint density at radius 3 is 2.82 bits per heavy atom. The van der Waals surface area contributed by atoms with Gasteiger partial charge in [-0.15, -0.1) is 22.9 Å². The van der Waals surface area contributed by atoms with Crippen LogP contribution in [0.1, 0.15) is 18.2 Å². The fourth-order valence-corrected chi connectivity index (χ4v) is 2.70. The third-order valence-electron chi connectivity index (χ3n) is 2.59. The maximum atomic E-state index is 5.77. The molecule has 0 saturated heterocycles. The molecule has 4 heteroatoms. The number of methoxy groups -OCH3 is 1. The average molecular weight is 268 g/mol. The Bertz CT molecular complexity index is 510.